The zero-order chi connectivity index (χ0) is 21.9. The predicted molar refractivity (Wildman–Crippen MR) is 120 cm³/mol. The minimum Gasteiger partial charge on any atom is -0.468 e. The third kappa shape index (κ3) is 4.64. The molecule has 4 rings (SSSR count). The number of thiophene rings is 1. The van der Waals surface area contributed by atoms with E-state index in [1.807, 2.05) is 30.3 Å². The van der Waals surface area contributed by atoms with Crippen LogP contribution in [-0.4, -0.2) is 23.4 Å². The molecule has 2 heterocycles. The molecule has 0 aliphatic rings. The Morgan fingerprint density at radius 1 is 0.806 bits per heavy atom. The number of rotatable bonds is 8. The monoisotopic (exact) mass is 473 g/mol. The van der Waals surface area contributed by atoms with Gasteiger partial charge in [0.25, 0.3) is 0 Å². The third-order valence-corrected chi connectivity index (χ3v) is 9.67. The molecule has 1 atom stereocenters. The fourth-order valence-electron chi connectivity index (χ4n) is 3.13. The maximum atomic E-state index is 13.1. The maximum absolute atomic E-state index is 13.1. The Labute approximate surface area is 185 Å². The fraction of sp³-hybridized carbons (Fsp3) is 0.0909. The van der Waals surface area contributed by atoms with Crippen LogP contribution in [0.2, 0.25) is 0 Å². The summed E-state index contributed by atoms with van der Waals surface area (Å²) >= 11 is 1.08. The molecule has 0 amide bonds. The number of benzene rings is 2. The van der Waals surface area contributed by atoms with Gasteiger partial charge in [-0.1, -0.05) is 48.5 Å². The second-order valence-corrected chi connectivity index (χ2v) is 11.8. The van der Waals surface area contributed by atoms with Gasteiger partial charge in [-0.3, -0.25) is 0 Å². The van der Waals surface area contributed by atoms with Gasteiger partial charge in [0.05, 0.1) is 11.2 Å². The Balaban J connectivity index is 1.57. The summed E-state index contributed by atoms with van der Waals surface area (Å²) in [7, 11) is -7.76. The second-order valence-electron chi connectivity index (χ2n) is 6.72. The topological polar surface area (TPSA) is 93.4 Å². The molecule has 4 aromatic rings. The van der Waals surface area contributed by atoms with E-state index in [0.717, 1.165) is 22.5 Å². The van der Waals surface area contributed by atoms with E-state index in [9.17, 15) is 16.8 Å². The van der Waals surface area contributed by atoms with Crippen LogP contribution in [0.4, 0.5) is 0 Å². The first-order valence-electron chi connectivity index (χ1n) is 9.34. The quantitative estimate of drug-likeness (QED) is 0.407. The van der Waals surface area contributed by atoms with Crippen LogP contribution in [0, 0.1) is 0 Å². The zero-order valence-electron chi connectivity index (χ0n) is 16.2. The summed E-state index contributed by atoms with van der Waals surface area (Å²) in [5, 5.41) is 0.476. The van der Waals surface area contributed by atoms with Crippen LogP contribution in [0.3, 0.4) is 0 Å². The largest absolute Gasteiger partial charge is 0.468 e. The van der Waals surface area contributed by atoms with Crippen LogP contribution >= 0.6 is 11.3 Å². The van der Waals surface area contributed by atoms with E-state index in [4.69, 9.17) is 4.42 Å². The summed E-state index contributed by atoms with van der Waals surface area (Å²) in [5.74, 6) is 0.176. The number of nitrogens with one attached hydrogen (secondary N) is 1. The van der Waals surface area contributed by atoms with Crippen molar-refractivity contribution in [2.75, 3.05) is 6.54 Å². The lowest BCUT2D eigenvalue weighted by atomic mass is 10.1. The molecule has 0 aliphatic carbocycles. The Morgan fingerprint density at radius 2 is 1.52 bits per heavy atom. The van der Waals surface area contributed by atoms with Gasteiger partial charge in [-0.05, 0) is 46.8 Å². The molecule has 0 bridgehead atoms. The number of hydrogen-bond donors (Lipinski definition) is 1. The Kier molecular flexibility index (Phi) is 6.10. The predicted octanol–water partition coefficient (Wildman–Crippen LogP) is 4.50. The summed E-state index contributed by atoms with van der Waals surface area (Å²) in [6, 6.07) is 22.3. The molecular weight excluding hydrogens is 454 g/mol. The molecule has 2 aromatic carbocycles. The molecule has 1 N–H and O–H groups in total. The summed E-state index contributed by atoms with van der Waals surface area (Å²) in [6.07, 6.45) is 1.36. The third-order valence-electron chi connectivity index (χ3n) is 4.74. The molecule has 0 unspecified atom stereocenters. The minimum atomic E-state index is -3.93. The van der Waals surface area contributed by atoms with Crippen LogP contribution < -0.4 is 4.72 Å². The average molecular weight is 474 g/mol. The van der Waals surface area contributed by atoms with Gasteiger partial charge in [0.2, 0.25) is 10.0 Å². The average Bonchev–Trinajstić information content (AvgIpc) is 3.49. The molecule has 2 aromatic heterocycles. The molecule has 31 heavy (non-hydrogen) atoms. The highest BCUT2D eigenvalue weighted by atomic mass is 32.2. The molecule has 0 saturated carbocycles. The molecular formula is C22H19NO5S3. The van der Waals surface area contributed by atoms with Crippen molar-refractivity contribution in [1.82, 2.24) is 4.72 Å². The van der Waals surface area contributed by atoms with Crippen LogP contribution in [-0.2, 0) is 19.9 Å². The number of hydrogen-bond acceptors (Lipinski definition) is 6. The lowest BCUT2D eigenvalue weighted by Crippen LogP contribution is -2.31. The van der Waals surface area contributed by atoms with Gasteiger partial charge in [0.1, 0.15) is 15.2 Å². The van der Waals surface area contributed by atoms with Crippen molar-refractivity contribution in [3.8, 4) is 11.1 Å². The van der Waals surface area contributed by atoms with Crippen molar-refractivity contribution in [2.45, 2.75) is 14.4 Å². The van der Waals surface area contributed by atoms with E-state index < -0.39 is 25.1 Å². The first kappa shape index (κ1) is 21.5. The summed E-state index contributed by atoms with van der Waals surface area (Å²) in [5.41, 5.74) is 1.85. The van der Waals surface area contributed by atoms with E-state index in [1.54, 1.807) is 29.6 Å². The molecule has 0 saturated heterocycles. The highest BCUT2D eigenvalue weighted by molar-refractivity contribution is 7.93. The number of furan rings is 1. The standard InChI is InChI=1S/C22H19NO5S3/c24-30(25,22-9-5-15-29-22)21(20-8-4-14-28-20)16-23-31(26,27)19-12-10-18(11-13-19)17-6-2-1-3-7-17/h1-15,21,23H,16H2/t21-/m0/s1. The highest BCUT2D eigenvalue weighted by Crippen LogP contribution is 2.32. The minimum absolute atomic E-state index is 0.0545. The molecule has 0 spiro atoms. The van der Waals surface area contributed by atoms with E-state index in [1.165, 1.54) is 30.5 Å². The summed E-state index contributed by atoms with van der Waals surface area (Å²) in [4.78, 5) is 0.0545. The highest BCUT2D eigenvalue weighted by Gasteiger charge is 2.33. The van der Waals surface area contributed by atoms with E-state index in [-0.39, 0.29) is 21.4 Å². The van der Waals surface area contributed by atoms with Crippen LogP contribution in [0.1, 0.15) is 11.0 Å². The van der Waals surface area contributed by atoms with Gasteiger partial charge in [-0.15, -0.1) is 11.3 Å². The van der Waals surface area contributed by atoms with Crippen molar-refractivity contribution in [1.29, 1.82) is 0 Å². The Bertz CT molecular complexity index is 1330. The Morgan fingerprint density at radius 3 is 2.13 bits per heavy atom. The lowest BCUT2D eigenvalue weighted by molar-refractivity contribution is 0.487. The van der Waals surface area contributed by atoms with Gasteiger partial charge in [0, 0.05) is 6.54 Å². The lowest BCUT2D eigenvalue weighted by Gasteiger charge is -2.16. The van der Waals surface area contributed by atoms with E-state index in [0.29, 0.717) is 0 Å². The van der Waals surface area contributed by atoms with Gasteiger partial charge in [-0.2, -0.15) is 0 Å². The second kappa shape index (κ2) is 8.80. The molecule has 160 valence electrons. The SMILES string of the molecule is O=S(=O)(NC[C@@H](c1ccco1)S(=O)(=O)c1cccs1)c1ccc(-c2ccccc2)cc1. The van der Waals surface area contributed by atoms with Gasteiger partial charge in [-0.25, -0.2) is 21.6 Å². The van der Waals surface area contributed by atoms with Gasteiger partial charge in [0.15, 0.2) is 9.84 Å². The van der Waals surface area contributed by atoms with Crippen LogP contribution in [0.15, 0.2) is 104 Å². The first-order chi connectivity index (χ1) is 14.9. The van der Waals surface area contributed by atoms with E-state index >= 15 is 0 Å². The fourth-order valence-corrected chi connectivity index (χ4v) is 7.07. The summed E-state index contributed by atoms with van der Waals surface area (Å²) < 4.78 is 59.7. The van der Waals surface area contributed by atoms with Crippen molar-refractivity contribution in [2.24, 2.45) is 0 Å². The maximum Gasteiger partial charge on any atom is 0.240 e. The van der Waals surface area contributed by atoms with Gasteiger partial charge < -0.3 is 4.42 Å². The normalized spacial score (nSPS) is 13.2. The van der Waals surface area contributed by atoms with Gasteiger partial charge >= 0.3 is 0 Å². The van der Waals surface area contributed by atoms with Crippen molar-refractivity contribution >= 4 is 31.2 Å². The van der Waals surface area contributed by atoms with E-state index in [2.05, 4.69) is 4.72 Å². The van der Waals surface area contributed by atoms with Crippen molar-refractivity contribution in [3.63, 3.8) is 0 Å². The molecule has 0 aliphatic heterocycles. The Hall–Kier alpha value is -2.72. The molecule has 6 nitrogen and oxygen atoms in total. The number of sulfonamides is 1. The first-order valence-corrected chi connectivity index (χ1v) is 13.2. The number of sulfone groups is 1. The summed E-state index contributed by atoms with van der Waals surface area (Å²) in [6.45, 7) is -0.351. The molecule has 0 radical (unpaired) electrons. The van der Waals surface area contributed by atoms with Crippen molar-refractivity contribution in [3.05, 3.63) is 96.3 Å². The smallest absolute Gasteiger partial charge is 0.240 e. The zero-order valence-corrected chi connectivity index (χ0v) is 18.7. The molecule has 9 heteroatoms. The van der Waals surface area contributed by atoms with Crippen LogP contribution in [0.5, 0.6) is 0 Å². The van der Waals surface area contributed by atoms with Crippen LogP contribution in [0.25, 0.3) is 11.1 Å². The van der Waals surface area contributed by atoms with Crippen molar-refractivity contribution < 1.29 is 21.3 Å². The molecule has 0 fully saturated rings.